The normalized spacial score (nSPS) is 14.8. The third kappa shape index (κ3) is 3.44. The quantitative estimate of drug-likeness (QED) is 0.691. The van der Waals surface area contributed by atoms with Crippen LogP contribution in [0.3, 0.4) is 0 Å². The minimum absolute atomic E-state index is 0.0954. The summed E-state index contributed by atoms with van der Waals surface area (Å²) in [5.41, 5.74) is 3.18. The summed E-state index contributed by atoms with van der Waals surface area (Å²) in [7, 11) is 3.32. The summed E-state index contributed by atoms with van der Waals surface area (Å²) < 4.78 is 13.4. The van der Waals surface area contributed by atoms with Crippen molar-refractivity contribution in [3.8, 4) is 11.5 Å². The van der Waals surface area contributed by atoms with Gasteiger partial charge in [0.2, 0.25) is 0 Å². The summed E-state index contributed by atoms with van der Waals surface area (Å²) in [6.07, 6.45) is 0.765. The number of hydrogen-bond donors (Lipinski definition) is 0. The lowest BCUT2D eigenvalue weighted by atomic mass is 10.2. The van der Waals surface area contributed by atoms with Crippen molar-refractivity contribution >= 4 is 21.6 Å². The van der Waals surface area contributed by atoms with Gasteiger partial charge in [0.15, 0.2) is 0 Å². The molecule has 0 saturated heterocycles. The van der Waals surface area contributed by atoms with E-state index in [1.807, 2.05) is 35.1 Å². The Labute approximate surface area is 162 Å². The molecule has 0 aliphatic carbocycles. The third-order valence-corrected chi connectivity index (χ3v) is 6.12. The Hall–Kier alpha value is -2.38. The van der Waals surface area contributed by atoms with Crippen LogP contribution in [0.2, 0.25) is 0 Å². The molecule has 7 heteroatoms. The molecule has 1 aromatic carbocycles. The van der Waals surface area contributed by atoms with Crippen molar-refractivity contribution in [2.24, 2.45) is 0 Å². The molecule has 3 heterocycles. The van der Waals surface area contributed by atoms with Gasteiger partial charge in [0.25, 0.3) is 5.56 Å². The fourth-order valence-corrected chi connectivity index (χ4v) is 4.50. The van der Waals surface area contributed by atoms with Gasteiger partial charge in [0.05, 0.1) is 19.7 Å². The van der Waals surface area contributed by atoms with Crippen LogP contribution in [0.25, 0.3) is 10.2 Å². The fraction of sp³-hybridized carbons (Fsp3) is 0.400. The third-order valence-electron chi connectivity index (χ3n) is 5.04. The van der Waals surface area contributed by atoms with Gasteiger partial charge in [0, 0.05) is 38.7 Å². The van der Waals surface area contributed by atoms with E-state index < -0.39 is 0 Å². The molecule has 4 rings (SSSR count). The molecular formula is C20H23N3O3S. The molecule has 0 N–H and O–H groups in total. The van der Waals surface area contributed by atoms with E-state index in [-0.39, 0.29) is 5.56 Å². The number of nitrogens with zero attached hydrogens (tertiary/aromatic N) is 3. The summed E-state index contributed by atoms with van der Waals surface area (Å²) in [5, 5.41) is 2.02. The predicted molar refractivity (Wildman–Crippen MR) is 107 cm³/mol. The van der Waals surface area contributed by atoms with E-state index in [1.165, 1.54) is 11.3 Å². The number of aromatic nitrogens is 2. The zero-order valence-electron chi connectivity index (χ0n) is 15.8. The molecule has 3 aromatic rings. The Morgan fingerprint density at radius 1 is 1.11 bits per heavy atom. The minimum atomic E-state index is 0.0954. The Morgan fingerprint density at radius 3 is 2.56 bits per heavy atom. The van der Waals surface area contributed by atoms with Crippen LogP contribution in [0.1, 0.15) is 17.0 Å². The molecule has 2 aromatic heterocycles. The van der Waals surface area contributed by atoms with E-state index in [9.17, 15) is 4.79 Å². The first-order valence-corrected chi connectivity index (χ1v) is 9.89. The molecule has 0 amide bonds. The van der Waals surface area contributed by atoms with Crippen molar-refractivity contribution in [3.63, 3.8) is 0 Å². The highest BCUT2D eigenvalue weighted by molar-refractivity contribution is 7.17. The van der Waals surface area contributed by atoms with Gasteiger partial charge < -0.3 is 9.47 Å². The molecule has 0 radical (unpaired) electrons. The van der Waals surface area contributed by atoms with Gasteiger partial charge >= 0.3 is 0 Å². The Bertz CT molecular complexity index is 1020. The van der Waals surface area contributed by atoms with Gasteiger partial charge in [0.1, 0.15) is 22.0 Å². The van der Waals surface area contributed by atoms with Crippen LogP contribution in [-0.2, 0) is 19.5 Å². The molecule has 142 valence electrons. The largest absolute Gasteiger partial charge is 0.497 e. The lowest BCUT2D eigenvalue weighted by molar-refractivity contribution is 0.270. The van der Waals surface area contributed by atoms with Crippen molar-refractivity contribution in [1.29, 1.82) is 0 Å². The van der Waals surface area contributed by atoms with E-state index in [0.717, 1.165) is 64.7 Å². The fourth-order valence-electron chi connectivity index (χ4n) is 3.56. The van der Waals surface area contributed by atoms with Crippen LogP contribution >= 0.6 is 11.3 Å². The molecule has 27 heavy (non-hydrogen) atoms. The summed E-state index contributed by atoms with van der Waals surface area (Å²) in [5.74, 6) is 2.46. The van der Waals surface area contributed by atoms with Crippen molar-refractivity contribution in [3.05, 3.63) is 50.9 Å². The monoisotopic (exact) mass is 385 g/mol. The van der Waals surface area contributed by atoms with Gasteiger partial charge in [-0.15, -0.1) is 11.3 Å². The van der Waals surface area contributed by atoms with E-state index in [4.69, 9.17) is 14.5 Å². The van der Waals surface area contributed by atoms with Crippen LogP contribution in [0.15, 0.2) is 28.4 Å². The number of rotatable bonds is 4. The average Bonchev–Trinajstić information content (AvgIpc) is 2.93. The molecule has 0 fully saturated rings. The smallest absolute Gasteiger partial charge is 0.271 e. The highest BCUT2D eigenvalue weighted by atomic mass is 32.1. The predicted octanol–water partition coefficient (Wildman–Crippen LogP) is 2.84. The number of benzene rings is 1. The van der Waals surface area contributed by atoms with Crippen molar-refractivity contribution < 1.29 is 9.47 Å². The number of hydrogen-bond acceptors (Lipinski definition) is 6. The van der Waals surface area contributed by atoms with Crippen LogP contribution in [0.5, 0.6) is 11.5 Å². The second kappa shape index (κ2) is 7.32. The van der Waals surface area contributed by atoms with Crippen molar-refractivity contribution in [1.82, 2.24) is 14.5 Å². The van der Waals surface area contributed by atoms with E-state index in [0.29, 0.717) is 6.54 Å². The van der Waals surface area contributed by atoms with Gasteiger partial charge in [-0.1, -0.05) is 0 Å². The zero-order valence-corrected chi connectivity index (χ0v) is 16.6. The molecule has 1 aliphatic heterocycles. The Balaban J connectivity index is 1.58. The number of aryl methyl sites for hydroxylation is 1. The lowest BCUT2D eigenvalue weighted by Crippen LogP contribution is -2.28. The summed E-state index contributed by atoms with van der Waals surface area (Å²) in [6, 6.07) is 5.94. The standard InChI is InChI=1S/C20H23N3O3S/c1-13-12-27-19-18(13)21-17-4-5-22(6-7-23(17)20(19)24)11-14-8-15(25-2)10-16(9-14)26-3/h8-10,12H,4-7,11H2,1-3H3. The molecule has 0 atom stereocenters. The SMILES string of the molecule is COc1cc(CN2CCc3nc4c(C)csc4c(=O)n3CC2)cc(OC)c1. The first-order chi connectivity index (χ1) is 13.1. The molecule has 1 aliphatic rings. The second-order valence-corrected chi connectivity index (χ2v) is 7.71. The van der Waals surface area contributed by atoms with E-state index in [1.54, 1.807) is 14.2 Å². The Morgan fingerprint density at radius 2 is 1.85 bits per heavy atom. The second-order valence-electron chi connectivity index (χ2n) is 6.83. The van der Waals surface area contributed by atoms with Crippen LogP contribution in [0.4, 0.5) is 0 Å². The maximum atomic E-state index is 12.9. The van der Waals surface area contributed by atoms with Gasteiger partial charge in [-0.05, 0) is 35.6 Å². The molecular weight excluding hydrogens is 362 g/mol. The number of methoxy groups -OCH3 is 2. The number of fused-ring (bicyclic) bond motifs is 2. The van der Waals surface area contributed by atoms with E-state index in [2.05, 4.69) is 4.90 Å². The first kappa shape index (κ1) is 18.0. The van der Waals surface area contributed by atoms with Crippen LogP contribution in [0, 0.1) is 6.92 Å². The summed E-state index contributed by atoms with van der Waals surface area (Å²) in [4.78, 5) is 20.0. The van der Waals surface area contributed by atoms with Crippen LogP contribution in [-0.4, -0.2) is 41.8 Å². The molecule has 0 unspecified atom stereocenters. The van der Waals surface area contributed by atoms with Gasteiger partial charge in [-0.2, -0.15) is 0 Å². The summed E-state index contributed by atoms with van der Waals surface area (Å²) >= 11 is 1.49. The molecule has 0 spiro atoms. The molecule has 0 bridgehead atoms. The molecule has 6 nitrogen and oxygen atoms in total. The number of thiophene rings is 1. The maximum Gasteiger partial charge on any atom is 0.271 e. The van der Waals surface area contributed by atoms with Crippen molar-refractivity contribution in [2.75, 3.05) is 27.3 Å². The van der Waals surface area contributed by atoms with Gasteiger partial charge in [-0.3, -0.25) is 14.3 Å². The highest BCUT2D eigenvalue weighted by Crippen LogP contribution is 2.24. The molecule has 0 saturated carbocycles. The number of ether oxygens (including phenoxy) is 2. The average molecular weight is 385 g/mol. The first-order valence-electron chi connectivity index (χ1n) is 9.01. The zero-order chi connectivity index (χ0) is 19.0. The Kier molecular flexibility index (Phi) is 4.88. The van der Waals surface area contributed by atoms with E-state index >= 15 is 0 Å². The van der Waals surface area contributed by atoms with Gasteiger partial charge in [-0.25, -0.2) is 4.98 Å². The minimum Gasteiger partial charge on any atom is -0.497 e. The lowest BCUT2D eigenvalue weighted by Gasteiger charge is -2.20. The maximum absolute atomic E-state index is 12.9. The highest BCUT2D eigenvalue weighted by Gasteiger charge is 2.19. The summed E-state index contributed by atoms with van der Waals surface area (Å²) in [6.45, 7) is 5.13. The topological polar surface area (TPSA) is 56.6 Å². The van der Waals surface area contributed by atoms with Crippen molar-refractivity contribution in [2.45, 2.75) is 26.4 Å². The van der Waals surface area contributed by atoms with Crippen LogP contribution < -0.4 is 15.0 Å².